The van der Waals surface area contributed by atoms with Gasteiger partial charge in [-0.2, -0.15) is 0 Å². The lowest BCUT2D eigenvalue weighted by Crippen LogP contribution is -2.21. The van der Waals surface area contributed by atoms with E-state index in [0.717, 1.165) is 40.1 Å². The third-order valence-corrected chi connectivity index (χ3v) is 5.04. The smallest absolute Gasteiger partial charge is 0.274 e. The van der Waals surface area contributed by atoms with Crippen LogP contribution < -0.4 is 10.2 Å². The number of amides is 1. The maximum Gasteiger partial charge on any atom is 0.274 e. The van der Waals surface area contributed by atoms with Crippen molar-refractivity contribution in [3.63, 3.8) is 0 Å². The molecule has 2 heterocycles. The number of hydrogen-bond donors (Lipinski definition) is 1. The summed E-state index contributed by atoms with van der Waals surface area (Å²) in [4.78, 5) is 19.7. The summed E-state index contributed by atoms with van der Waals surface area (Å²) in [5.41, 5.74) is 4.98. The predicted octanol–water partition coefficient (Wildman–Crippen LogP) is 4.81. The third-order valence-electron chi connectivity index (χ3n) is 4.45. The molecular weight excluding hydrogens is 392 g/mol. The molecule has 3 rings (SSSR count). The Labute approximate surface area is 162 Å². The van der Waals surface area contributed by atoms with Gasteiger partial charge in [-0.05, 0) is 79.5 Å². The van der Waals surface area contributed by atoms with Gasteiger partial charge in [0.2, 0.25) is 0 Å². The molecule has 0 atom stereocenters. The van der Waals surface area contributed by atoms with Crippen molar-refractivity contribution in [2.24, 2.45) is 0 Å². The molecule has 0 saturated heterocycles. The van der Waals surface area contributed by atoms with Crippen molar-refractivity contribution in [1.29, 1.82) is 0 Å². The van der Waals surface area contributed by atoms with Gasteiger partial charge in [0, 0.05) is 30.7 Å². The highest BCUT2D eigenvalue weighted by Gasteiger charge is 2.18. The number of halogens is 1. The summed E-state index contributed by atoms with van der Waals surface area (Å²) in [6.45, 7) is 10.0. The summed E-state index contributed by atoms with van der Waals surface area (Å²) in [5, 5.41) is 2.98. The molecule has 0 bridgehead atoms. The van der Waals surface area contributed by atoms with Crippen molar-refractivity contribution in [1.82, 2.24) is 9.38 Å². The summed E-state index contributed by atoms with van der Waals surface area (Å²) in [6.07, 6.45) is 1.93. The number of nitrogens with zero attached hydrogens (tertiary/aromatic N) is 3. The summed E-state index contributed by atoms with van der Waals surface area (Å²) in [5.74, 6) is -0.164. The van der Waals surface area contributed by atoms with Crippen LogP contribution in [0, 0.1) is 13.8 Å². The normalized spacial score (nSPS) is 11.0. The molecule has 1 amide bonds. The average molecular weight is 415 g/mol. The standard InChI is InChI=1S/C20H23BrN4O/c1-5-24(6-2)16-9-7-15(8-10-16)23-20(26)18-14(4)22-19-17(21)11-13(3)12-25(18)19/h7-12H,5-6H2,1-4H3,(H,23,26). The highest BCUT2D eigenvalue weighted by Crippen LogP contribution is 2.23. The van der Waals surface area contributed by atoms with Crippen molar-refractivity contribution in [3.05, 3.63) is 58.0 Å². The fourth-order valence-electron chi connectivity index (χ4n) is 3.15. The minimum atomic E-state index is -0.164. The SMILES string of the molecule is CCN(CC)c1ccc(NC(=O)c2c(C)nc3c(Br)cc(C)cn23)cc1. The molecule has 136 valence electrons. The summed E-state index contributed by atoms with van der Waals surface area (Å²) < 4.78 is 2.72. The number of fused-ring (bicyclic) bond motifs is 1. The van der Waals surface area contributed by atoms with Gasteiger partial charge in [-0.25, -0.2) is 4.98 Å². The Balaban J connectivity index is 1.89. The van der Waals surface area contributed by atoms with Gasteiger partial charge >= 0.3 is 0 Å². The molecule has 0 unspecified atom stereocenters. The average Bonchev–Trinajstić information content (AvgIpc) is 2.94. The maximum atomic E-state index is 12.9. The number of carbonyl (C=O) groups excluding carboxylic acids is 1. The molecule has 0 aliphatic rings. The molecule has 1 N–H and O–H groups in total. The van der Waals surface area contributed by atoms with Gasteiger partial charge in [-0.15, -0.1) is 0 Å². The van der Waals surface area contributed by atoms with E-state index in [4.69, 9.17) is 0 Å². The molecule has 0 fully saturated rings. The minimum absolute atomic E-state index is 0.164. The topological polar surface area (TPSA) is 49.6 Å². The van der Waals surface area contributed by atoms with E-state index in [1.807, 2.05) is 54.8 Å². The highest BCUT2D eigenvalue weighted by atomic mass is 79.9. The molecule has 3 aromatic rings. The van der Waals surface area contributed by atoms with E-state index in [2.05, 4.69) is 45.0 Å². The zero-order valence-electron chi connectivity index (χ0n) is 15.5. The van der Waals surface area contributed by atoms with E-state index in [0.29, 0.717) is 11.4 Å². The molecule has 0 aliphatic heterocycles. The Hall–Kier alpha value is -2.34. The fourth-order valence-corrected chi connectivity index (χ4v) is 3.79. The monoisotopic (exact) mass is 414 g/mol. The number of anilines is 2. The summed E-state index contributed by atoms with van der Waals surface area (Å²) in [7, 11) is 0. The van der Waals surface area contributed by atoms with Crippen LogP contribution in [0.15, 0.2) is 41.0 Å². The van der Waals surface area contributed by atoms with Crippen molar-refractivity contribution in [3.8, 4) is 0 Å². The molecule has 26 heavy (non-hydrogen) atoms. The number of imidazole rings is 1. The first-order chi connectivity index (χ1) is 12.4. The highest BCUT2D eigenvalue weighted by molar-refractivity contribution is 9.10. The molecule has 0 radical (unpaired) electrons. The molecule has 2 aromatic heterocycles. The van der Waals surface area contributed by atoms with Gasteiger partial charge in [0.15, 0.2) is 5.65 Å². The first kappa shape index (κ1) is 18.5. The van der Waals surface area contributed by atoms with Crippen LogP contribution in [0.5, 0.6) is 0 Å². The lowest BCUT2D eigenvalue weighted by molar-refractivity contribution is 0.102. The number of rotatable bonds is 5. The molecule has 0 spiro atoms. The number of carbonyl (C=O) groups is 1. The number of pyridine rings is 1. The quantitative estimate of drug-likeness (QED) is 0.651. The van der Waals surface area contributed by atoms with Crippen molar-refractivity contribution >= 4 is 38.9 Å². The number of aromatic nitrogens is 2. The number of aryl methyl sites for hydroxylation is 2. The van der Waals surface area contributed by atoms with Gasteiger partial charge in [0.1, 0.15) is 5.69 Å². The fraction of sp³-hybridized carbons (Fsp3) is 0.300. The Morgan fingerprint density at radius 1 is 1.19 bits per heavy atom. The van der Waals surface area contributed by atoms with Crippen LogP contribution >= 0.6 is 15.9 Å². The molecule has 6 heteroatoms. The number of nitrogens with one attached hydrogen (secondary N) is 1. The zero-order valence-corrected chi connectivity index (χ0v) is 17.1. The predicted molar refractivity (Wildman–Crippen MR) is 110 cm³/mol. The van der Waals surface area contributed by atoms with Crippen LogP contribution in [0.25, 0.3) is 5.65 Å². The van der Waals surface area contributed by atoms with Crippen LogP contribution in [-0.4, -0.2) is 28.4 Å². The lowest BCUT2D eigenvalue weighted by atomic mass is 10.2. The number of hydrogen-bond acceptors (Lipinski definition) is 3. The van der Waals surface area contributed by atoms with E-state index >= 15 is 0 Å². The van der Waals surface area contributed by atoms with Gasteiger partial charge in [0.05, 0.1) is 10.2 Å². The second-order valence-corrected chi connectivity index (χ2v) is 7.13. The van der Waals surface area contributed by atoms with Crippen LogP contribution in [0.1, 0.15) is 35.6 Å². The molecule has 5 nitrogen and oxygen atoms in total. The molecule has 0 saturated carbocycles. The largest absolute Gasteiger partial charge is 0.372 e. The second-order valence-electron chi connectivity index (χ2n) is 6.28. The van der Waals surface area contributed by atoms with Gasteiger partial charge in [-0.1, -0.05) is 0 Å². The summed E-state index contributed by atoms with van der Waals surface area (Å²) in [6, 6.07) is 9.93. The lowest BCUT2D eigenvalue weighted by Gasteiger charge is -2.21. The van der Waals surface area contributed by atoms with Gasteiger partial charge in [-0.3, -0.25) is 9.20 Å². The van der Waals surface area contributed by atoms with E-state index in [-0.39, 0.29) is 5.91 Å². The Bertz CT molecular complexity index is 943. The van der Waals surface area contributed by atoms with Crippen molar-refractivity contribution in [2.75, 3.05) is 23.3 Å². The van der Waals surface area contributed by atoms with Gasteiger partial charge < -0.3 is 10.2 Å². The minimum Gasteiger partial charge on any atom is -0.372 e. The molecular formula is C20H23BrN4O. The van der Waals surface area contributed by atoms with Crippen LogP contribution in [0.4, 0.5) is 11.4 Å². The first-order valence-electron chi connectivity index (χ1n) is 8.75. The molecule has 1 aromatic carbocycles. The van der Waals surface area contributed by atoms with Crippen LogP contribution in [-0.2, 0) is 0 Å². The first-order valence-corrected chi connectivity index (χ1v) is 9.55. The van der Waals surface area contributed by atoms with Crippen molar-refractivity contribution in [2.45, 2.75) is 27.7 Å². The Kier molecular flexibility index (Phi) is 5.32. The van der Waals surface area contributed by atoms with E-state index in [9.17, 15) is 4.79 Å². The van der Waals surface area contributed by atoms with E-state index < -0.39 is 0 Å². The summed E-state index contributed by atoms with van der Waals surface area (Å²) >= 11 is 3.53. The van der Waals surface area contributed by atoms with E-state index in [1.54, 1.807) is 0 Å². The van der Waals surface area contributed by atoms with Crippen LogP contribution in [0.3, 0.4) is 0 Å². The zero-order chi connectivity index (χ0) is 18.8. The number of benzene rings is 1. The van der Waals surface area contributed by atoms with Crippen molar-refractivity contribution < 1.29 is 4.79 Å². The Morgan fingerprint density at radius 3 is 2.46 bits per heavy atom. The van der Waals surface area contributed by atoms with E-state index in [1.165, 1.54) is 0 Å². The third kappa shape index (κ3) is 3.46. The van der Waals surface area contributed by atoms with Gasteiger partial charge in [0.25, 0.3) is 5.91 Å². The molecule has 0 aliphatic carbocycles. The second kappa shape index (κ2) is 7.50. The Morgan fingerprint density at radius 2 is 1.85 bits per heavy atom. The van der Waals surface area contributed by atoms with Crippen LogP contribution in [0.2, 0.25) is 0 Å². The maximum absolute atomic E-state index is 12.9.